The van der Waals surface area contributed by atoms with Gasteiger partial charge in [0, 0.05) is 18.9 Å². The molecule has 0 aliphatic heterocycles. The van der Waals surface area contributed by atoms with Crippen LogP contribution < -0.4 is 5.32 Å². The van der Waals surface area contributed by atoms with Crippen LogP contribution in [0.25, 0.3) is 5.82 Å². The fourth-order valence-corrected chi connectivity index (χ4v) is 1.62. The second-order valence-corrected chi connectivity index (χ2v) is 3.90. The first-order valence-corrected chi connectivity index (χ1v) is 5.95. The lowest BCUT2D eigenvalue weighted by atomic mass is 10.3. The average molecular weight is 262 g/mol. The molecular formula is C11H14N6O2. The zero-order chi connectivity index (χ0) is 13.7. The van der Waals surface area contributed by atoms with E-state index in [4.69, 9.17) is 0 Å². The number of nitrogens with one attached hydrogen (secondary N) is 1. The van der Waals surface area contributed by atoms with Crippen LogP contribution in [-0.4, -0.2) is 31.0 Å². The molecule has 0 aromatic carbocycles. The molecule has 1 N–H and O–H groups in total. The molecule has 100 valence electrons. The van der Waals surface area contributed by atoms with E-state index in [9.17, 15) is 10.1 Å². The summed E-state index contributed by atoms with van der Waals surface area (Å²) >= 11 is 0. The Hall–Kier alpha value is -2.51. The first kappa shape index (κ1) is 12.9. The maximum atomic E-state index is 11.2. The molecule has 2 aromatic heterocycles. The van der Waals surface area contributed by atoms with E-state index in [0.717, 1.165) is 12.8 Å². The van der Waals surface area contributed by atoms with E-state index in [2.05, 4.69) is 20.3 Å². The normalized spacial score (nSPS) is 10.4. The van der Waals surface area contributed by atoms with Crippen molar-refractivity contribution in [2.75, 3.05) is 11.9 Å². The van der Waals surface area contributed by atoms with Gasteiger partial charge in [0.05, 0.1) is 4.92 Å². The lowest BCUT2D eigenvalue weighted by molar-refractivity contribution is -0.384. The van der Waals surface area contributed by atoms with Crippen LogP contribution in [-0.2, 0) is 0 Å². The number of anilines is 1. The topological polar surface area (TPSA) is 98.8 Å². The Morgan fingerprint density at radius 3 is 2.95 bits per heavy atom. The van der Waals surface area contributed by atoms with Crippen LogP contribution >= 0.6 is 0 Å². The highest BCUT2D eigenvalue weighted by Gasteiger charge is 2.23. The summed E-state index contributed by atoms with van der Waals surface area (Å²) in [5.41, 5.74) is -0.142. The van der Waals surface area contributed by atoms with Crippen molar-refractivity contribution in [3.8, 4) is 5.82 Å². The Morgan fingerprint density at radius 2 is 2.32 bits per heavy atom. The summed E-state index contributed by atoms with van der Waals surface area (Å²) in [5.74, 6) is 0.439. The molecule has 0 saturated heterocycles. The minimum absolute atomic E-state index is 0.142. The summed E-state index contributed by atoms with van der Waals surface area (Å²) in [4.78, 5) is 22.5. The largest absolute Gasteiger partial charge is 0.364 e. The molecule has 0 aliphatic rings. The van der Waals surface area contributed by atoms with Gasteiger partial charge in [-0.05, 0) is 6.42 Å². The van der Waals surface area contributed by atoms with Crippen LogP contribution in [0, 0.1) is 10.1 Å². The van der Waals surface area contributed by atoms with Gasteiger partial charge in [-0.15, -0.1) is 0 Å². The van der Waals surface area contributed by atoms with Gasteiger partial charge >= 0.3 is 5.69 Å². The van der Waals surface area contributed by atoms with Crippen LogP contribution in [0.5, 0.6) is 0 Å². The summed E-state index contributed by atoms with van der Waals surface area (Å²) in [6.07, 6.45) is 7.82. The van der Waals surface area contributed by atoms with Gasteiger partial charge in [0.2, 0.25) is 11.6 Å². The molecule has 8 heteroatoms. The fourth-order valence-electron chi connectivity index (χ4n) is 1.62. The van der Waals surface area contributed by atoms with Crippen LogP contribution in [0.15, 0.2) is 25.0 Å². The van der Waals surface area contributed by atoms with Crippen molar-refractivity contribution in [3.05, 3.63) is 35.2 Å². The lowest BCUT2D eigenvalue weighted by Crippen LogP contribution is -2.10. The second kappa shape index (κ2) is 5.89. The van der Waals surface area contributed by atoms with Crippen molar-refractivity contribution < 1.29 is 4.92 Å². The van der Waals surface area contributed by atoms with Gasteiger partial charge in [-0.3, -0.25) is 14.7 Å². The molecule has 2 rings (SSSR count). The maximum Gasteiger partial charge on any atom is 0.354 e. The number of imidazole rings is 1. The Bertz CT molecular complexity index is 554. The Balaban J connectivity index is 2.39. The Labute approximate surface area is 109 Å². The molecule has 0 amide bonds. The summed E-state index contributed by atoms with van der Waals surface area (Å²) in [6.45, 7) is 2.69. The molecule has 19 heavy (non-hydrogen) atoms. The molecule has 8 nitrogen and oxygen atoms in total. The van der Waals surface area contributed by atoms with Crippen molar-refractivity contribution in [1.82, 2.24) is 19.5 Å². The number of nitrogens with zero attached hydrogens (tertiary/aromatic N) is 5. The van der Waals surface area contributed by atoms with E-state index in [1.165, 1.54) is 23.4 Å². The summed E-state index contributed by atoms with van der Waals surface area (Å²) in [6, 6.07) is 0. The molecule has 0 unspecified atom stereocenters. The second-order valence-electron chi connectivity index (χ2n) is 3.90. The molecule has 0 bridgehead atoms. The molecule has 2 aromatic rings. The molecule has 0 atom stereocenters. The Morgan fingerprint density at radius 1 is 1.47 bits per heavy atom. The van der Waals surface area contributed by atoms with Crippen LogP contribution in [0.4, 0.5) is 11.5 Å². The highest BCUT2D eigenvalue weighted by atomic mass is 16.6. The molecule has 0 saturated carbocycles. The van der Waals surface area contributed by atoms with Gasteiger partial charge < -0.3 is 5.32 Å². The molecule has 0 radical (unpaired) electrons. The third-order valence-corrected chi connectivity index (χ3v) is 2.56. The van der Waals surface area contributed by atoms with Crippen LogP contribution in [0.2, 0.25) is 0 Å². The number of hydrogen-bond donors (Lipinski definition) is 1. The monoisotopic (exact) mass is 262 g/mol. The number of rotatable bonds is 6. The number of unbranched alkanes of at least 4 members (excludes halogenated alkanes) is 1. The Kier molecular flexibility index (Phi) is 4.01. The lowest BCUT2D eigenvalue weighted by Gasteiger charge is -2.08. The summed E-state index contributed by atoms with van der Waals surface area (Å²) in [7, 11) is 0. The van der Waals surface area contributed by atoms with E-state index in [1.807, 2.05) is 6.92 Å². The molecule has 2 heterocycles. The van der Waals surface area contributed by atoms with Gasteiger partial charge in [-0.25, -0.2) is 15.0 Å². The third kappa shape index (κ3) is 2.84. The van der Waals surface area contributed by atoms with Crippen molar-refractivity contribution in [3.63, 3.8) is 0 Å². The fraction of sp³-hybridized carbons (Fsp3) is 0.364. The maximum absolute atomic E-state index is 11.2. The zero-order valence-electron chi connectivity index (χ0n) is 10.5. The van der Waals surface area contributed by atoms with Crippen molar-refractivity contribution in [2.24, 2.45) is 0 Å². The first-order valence-electron chi connectivity index (χ1n) is 5.95. The predicted octanol–water partition coefficient (Wildman–Crippen LogP) is 1.78. The standard InChI is InChI=1S/C11H14N6O2/c1-2-3-4-13-10-9(17(18)19)11(15-7-14-10)16-6-5-12-8-16/h5-8H,2-4H2,1H3,(H,13,14,15). The predicted molar refractivity (Wildman–Crippen MR) is 69.2 cm³/mol. The molecular weight excluding hydrogens is 248 g/mol. The first-order chi connectivity index (χ1) is 9.24. The van der Waals surface area contributed by atoms with E-state index in [0.29, 0.717) is 6.54 Å². The van der Waals surface area contributed by atoms with Gasteiger partial charge in [0.25, 0.3) is 0 Å². The minimum Gasteiger partial charge on any atom is -0.364 e. The van der Waals surface area contributed by atoms with Crippen LogP contribution in [0.1, 0.15) is 19.8 Å². The van der Waals surface area contributed by atoms with Gasteiger partial charge in [-0.2, -0.15) is 0 Å². The SMILES string of the molecule is CCCCNc1ncnc(-n2ccnc2)c1[N+](=O)[O-]. The van der Waals surface area contributed by atoms with Gasteiger partial charge in [0.1, 0.15) is 12.7 Å². The molecule has 0 aliphatic carbocycles. The van der Waals surface area contributed by atoms with Gasteiger partial charge in [-0.1, -0.05) is 13.3 Å². The highest BCUT2D eigenvalue weighted by Crippen LogP contribution is 2.27. The highest BCUT2D eigenvalue weighted by molar-refractivity contribution is 5.63. The average Bonchev–Trinajstić information content (AvgIpc) is 2.92. The van der Waals surface area contributed by atoms with Crippen molar-refractivity contribution in [2.45, 2.75) is 19.8 Å². The van der Waals surface area contributed by atoms with Crippen LogP contribution in [0.3, 0.4) is 0 Å². The quantitative estimate of drug-likeness (QED) is 0.484. The van der Waals surface area contributed by atoms with E-state index in [-0.39, 0.29) is 17.3 Å². The zero-order valence-corrected chi connectivity index (χ0v) is 10.5. The third-order valence-electron chi connectivity index (χ3n) is 2.56. The minimum atomic E-state index is -0.483. The molecule has 0 spiro atoms. The summed E-state index contributed by atoms with van der Waals surface area (Å²) in [5, 5.41) is 14.2. The van der Waals surface area contributed by atoms with E-state index >= 15 is 0 Å². The van der Waals surface area contributed by atoms with E-state index < -0.39 is 4.92 Å². The number of hydrogen-bond acceptors (Lipinski definition) is 6. The van der Waals surface area contributed by atoms with Crippen molar-refractivity contribution >= 4 is 11.5 Å². The van der Waals surface area contributed by atoms with Crippen molar-refractivity contribution in [1.29, 1.82) is 0 Å². The number of nitro groups is 1. The summed E-state index contributed by atoms with van der Waals surface area (Å²) < 4.78 is 1.49. The smallest absolute Gasteiger partial charge is 0.354 e. The number of aromatic nitrogens is 4. The van der Waals surface area contributed by atoms with Gasteiger partial charge in [0.15, 0.2) is 0 Å². The van der Waals surface area contributed by atoms with E-state index in [1.54, 1.807) is 6.20 Å². The molecule has 0 fully saturated rings.